The zero-order chi connectivity index (χ0) is 25.1. The van der Waals surface area contributed by atoms with Crippen molar-refractivity contribution < 1.29 is 19.1 Å². The molecule has 8 heteroatoms. The van der Waals surface area contributed by atoms with Crippen LogP contribution in [-0.2, 0) is 19.1 Å². The van der Waals surface area contributed by atoms with Crippen molar-refractivity contribution in [2.24, 2.45) is 0 Å². The van der Waals surface area contributed by atoms with Crippen molar-refractivity contribution in [3.8, 4) is 11.3 Å². The Balaban J connectivity index is 1.78. The van der Waals surface area contributed by atoms with Gasteiger partial charge in [-0.15, -0.1) is 11.3 Å². The van der Waals surface area contributed by atoms with E-state index in [1.807, 2.05) is 54.8 Å². The minimum absolute atomic E-state index is 0.354. The third-order valence-corrected chi connectivity index (χ3v) is 6.66. The summed E-state index contributed by atoms with van der Waals surface area (Å²) in [6.07, 6.45) is 0. The second-order valence-electron chi connectivity index (χ2n) is 8.24. The van der Waals surface area contributed by atoms with E-state index in [1.54, 1.807) is 13.8 Å². The van der Waals surface area contributed by atoms with Crippen LogP contribution >= 0.6 is 11.3 Å². The molecule has 0 radical (unpaired) electrons. The molecule has 2 aromatic carbocycles. The first-order valence-electron chi connectivity index (χ1n) is 11.1. The number of hydrogen-bond donors (Lipinski definition) is 2. The van der Waals surface area contributed by atoms with Crippen LogP contribution in [-0.4, -0.2) is 31.1 Å². The summed E-state index contributed by atoms with van der Waals surface area (Å²) in [5.41, 5.74) is 6.50. The van der Waals surface area contributed by atoms with Crippen LogP contribution in [0.25, 0.3) is 11.3 Å². The van der Waals surface area contributed by atoms with E-state index in [-0.39, 0.29) is 0 Å². The number of ether oxygens (including phenoxy) is 2. The summed E-state index contributed by atoms with van der Waals surface area (Å²) < 4.78 is 10.2. The van der Waals surface area contributed by atoms with E-state index in [4.69, 9.17) is 14.5 Å². The number of allylic oxidation sites excluding steroid dienone is 2. The van der Waals surface area contributed by atoms with Crippen LogP contribution < -0.4 is 10.6 Å². The van der Waals surface area contributed by atoms with E-state index >= 15 is 0 Å². The minimum atomic E-state index is -0.684. The number of nitrogens with zero attached hydrogens (tertiary/aromatic N) is 1. The van der Waals surface area contributed by atoms with E-state index in [1.165, 1.54) is 25.6 Å². The Morgan fingerprint density at radius 1 is 0.943 bits per heavy atom. The SMILES string of the molecule is COC(=O)C1=C(C)NC(C)=C(C(=O)OC)C1c1ccccc1Nc1nc(-c2cccc(C)c2)cs1. The van der Waals surface area contributed by atoms with E-state index in [0.717, 1.165) is 28.1 Å². The number of hydrogen-bond acceptors (Lipinski definition) is 8. The molecular weight excluding hydrogens is 462 g/mol. The lowest BCUT2D eigenvalue weighted by atomic mass is 9.79. The molecule has 0 spiro atoms. The van der Waals surface area contributed by atoms with Gasteiger partial charge in [0.2, 0.25) is 0 Å². The first-order valence-corrected chi connectivity index (χ1v) is 12.0. The van der Waals surface area contributed by atoms with E-state index in [0.29, 0.717) is 27.7 Å². The number of anilines is 2. The summed E-state index contributed by atoms with van der Waals surface area (Å²) in [5, 5.41) is 9.22. The molecule has 0 saturated carbocycles. The topological polar surface area (TPSA) is 89.5 Å². The van der Waals surface area contributed by atoms with Crippen molar-refractivity contribution in [1.82, 2.24) is 10.3 Å². The summed E-state index contributed by atoms with van der Waals surface area (Å²) >= 11 is 1.48. The van der Waals surface area contributed by atoms with Crippen molar-refractivity contribution in [3.63, 3.8) is 0 Å². The number of carbonyl (C=O) groups excluding carboxylic acids is 2. The molecule has 0 amide bonds. The molecule has 1 aliphatic heterocycles. The van der Waals surface area contributed by atoms with Gasteiger partial charge in [0.25, 0.3) is 0 Å². The maximum atomic E-state index is 12.9. The number of carbonyl (C=O) groups is 2. The van der Waals surface area contributed by atoms with Gasteiger partial charge in [-0.25, -0.2) is 14.6 Å². The van der Waals surface area contributed by atoms with E-state index in [9.17, 15) is 9.59 Å². The van der Waals surface area contributed by atoms with E-state index in [2.05, 4.69) is 16.7 Å². The van der Waals surface area contributed by atoms with Gasteiger partial charge in [-0.2, -0.15) is 0 Å². The van der Waals surface area contributed by atoms with Gasteiger partial charge in [0.15, 0.2) is 5.13 Å². The number of esters is 2. The number of thiazole rings is 1. The van der Waals surface area contributed by atoms with Gasteiger partial charge >= 0.3 is 11.9 Å². The fraction of sp³-hybridized carbons (Fsp3) is 0.222. The number of para-hydroxylation sites is 1. The molecule has 4 rings (SSSR count). The monoisotopic (exact) mass is 489 g/mol. The molecule has 0 saturated heterocycles. The molecule has 2 heterocycles. The Labute approximate surface area is 208 Å². The summed E-state index contributed by atoms with van der Waals surface area (Å²) in [6, 6.07) is 15.7. The number of aryl methyl sites for hydroxylation is 1. The smallest absolute Gasteiger partial charge is 0.336 e. The van der Waals surface area contributed by atoms with E-state index < -0.39 is 17.9 Å². The predicted molar refractivity (Wildman–Crippen MR) is 137 cm³/mol. The van der Waals surface area contributed by atoms with Gasteiger partial charge in [-0.1, -0.05) is 42.0 Å². The number of methoxy groups -OCH3 is 2. The fourth-order valence-electron chi connectivity index (χ4n) is 4.31. The second-order valence-corrected chi connectivity index (χ2v) is 9.10. The van der Waals surface area contributed by atoms with Crippen LogP contribution in [0.4, 0.5) is 10.8 Å². The molecule has 0 bridgehead atoms. The van der Waals surface area contributed by atoms with Gasteiger partial charge in [-0.3, -0.25) is 0 Å². The van der Waals surface area contributed by atoms with Crippen molar-refractivity contribution in [1.29, 1.82) is 0 Å². The Kier molecular flexibility index (Phi) is 7.02. The van der Waals surface area contributed by atoms with Gasteiger partial charge in [-0.05, 0) is 38.5 Å². The largest absolute Gasteiger partial charge is 0.466 e. The number of benzene rings is 2. The lowest BCUT2D eigenvalue weighted by molar-refractivity contribution is -0.137. The molecule has 0 fully saturated rings. The highest BCUT2D eigenvalue weighted by atomic mass is 32.1. The number of aromatic nitrogens is 1. The molecule has 180 valence electrons. The maximum absolute atomic E-state index is 12.9. The number of rotatable bonds is 6. The van der Waals surface area contributed by atoms with Crippen LogP contribution in [0.3, 0.4) is 0 Å². The van der Waals surface area contributed by atoms with Crippen molar-refractivity contribution >= 4 is 34.1 Å². The first-order chi connectivity index (χ1) is 16.8. The zero-order valence-electron chi connectivity index (χ0n) is 20.3. The van der Waals surface area contributed by atoms with Gasteiger partial charge in [0.05, 0.1) is 37.0 Å². The Morgan fingerprint density at radius 3 is 2.23 bits per heavy atom. The minimum Gasteiger partial charge on any atom is -0.466 e. The molecule has 1 aliphatic rings. The Morgan fingerprint density at radius 2 is 1.60 bits per heavy atom. The quantitative estimate of drug-likeness (QED) is 0.446. The average molecular weight is 490 g/mol. The second kappa shape index (κ2) is 10.1. The lowest BCUT2D eigenvalue weighted by Gasteiger charge is -2.31. The highest BCUT2D eigenvalue weighted by molar-refractivity contribution is 7.14. The third kappa shape index (κ3) is 4.83. The van der Waals surface area contributed by atoms with Gasteiger partial charge in [0, 0.05) is 28.0 Å². The molecule has 7 nitrogen and oxygen atoms in total. The van der Waals surface area contributed by atoms with Crippen LogP contribution in [0, 0.1) is 6.92 Å². The number of dihydropyridines is 1. The molecule has 0 unspecified atom stereocenters. The molecule has 1 aromatic heterocycles. The fourth-order valence-corrected chi connectivity index (χ4v) is 5.04. The van der Waals surface area contributed by atoms with Gasteiger partial charge < -0.3 is 20.1 Å². The standard InChI is InChI=1S/C27H27N3O4S/c1-15-9-8-10-18(13-15)21-14-35-27(30-21)29-20-12-7-6-11-19(20)24-22(25(31)33-4)16(2)28-17(3)23(24)26(32)34-5/h6-14,24,28H,1-5H3,(H,29,30). The number of nitrogens with one attached hydrogen (secondary N) is 2. The van der Waals surface area contributed by atoms with Crippen LogP contribution in [0.15, 0.2) is 76.5 Å². The van der Waals surface area contributed by atoms with Crippen molar-refractivity contribution in [2.75, 3.05) is 19.5 Å². The molecular formula is C27H27N3O4S. The first kappa shape index (κ1) is 24.2. The highest BCUT2D eigenvalue weighted by Crippen LogP contribution is 2.42. The Hall–Kier alpha value is -3.91. The molecule has 2 N–H and O–H groups in total. The molecule has 35 heavy (non-hydrogen) atoms. The third-order valence-electron chi connectivity index (χ3n) is 5.90. The van der Waals surface area contributed by atoms with Crippen molar-refractivity contribution in [3.05, 3.63) is 87.6 Å². The molecule has 0 aliphatic carbocycles. The zero-order valence-corrected chi connectivity index (χ0v) is 21.1. The van der Waals surface area contributed by atoms with Crippen LogP contribution in [0.5, 0.6) is 0 Å². The maximum Gasteiger partial charge on any atom is 0.336 e. The van der Waals surface area contributed by atoms with Gasteiger partial charge in [0.1, 0.15) is 0 Å². The summed E-state index contributed by atoms with van der Waals surface area (Å²) in [4.78, 5) is 30.5. The van der Waals surface area contributed by atoms with Crippen LogP contribution in [0.2, 0.25) is 0 Å². The van der Waals surface area contributed by atoms with Crippen LogP contribution in [0.1, 0.15) is 30.9 Å². The summed E-state index contributed by atoms with van der Waals surface area (Å²) in [5.74, 6) is -1.71. The summed E-state index contributed by atoms with van der Waals surface area (Å²) in [6.45, 7) is 5.64. The summed E-state index contributed by atoms with van der Waals surface area (Å²) in [7, 11) is 2.66. The normalized spacial score (nSPS) is 14.0. The van der Waals surface area contributed by atoms with Crippen molar-refractivity contribution in [2.45, 2.75) is 26.7 Å². The Bertz CT molecular complexity index is 1320. The lowest BCUT2D eigenvalue weighted by Crippen LogP contribution is -2.32. The highest BCUT2D eigenvalue weighted by Gasteiger charge is 2.38. The molecule has 0 atom stereocenters. The average Bonchev–Trinajstić information content (AvgIpc) is 3.31. The predicted octanol–water partition coefficient (Wildman–Crippen LogP) is 5.44. The molecule has 3 aromatic rings.